The van der Waals surface area contributed by atoms with Crippen LogP contribution in [-0.4, -0.2) is 12.2 Å². The number of halogens is 1. The van der Waals surface area contributed by atoms with E-state index in [1.54, 1.807) is 0 Å². The Morgan fingerprint density at radius 2 is 2.42 bits per heavy atom. The number of carbonyl (C=O) groups is 1. The van der Waals surface area contributed by atoms with Crippen LogP contribution in [0.1, 0.15) is 13.3 Å². The fourth-order valence-electron chi connectivity index (χ4n) is 2.68. The summed E-state index contributed by atoms with van der Waals surface area (Å²) in [4.78, 5) is 11.0. The van der Waals surface area contributed by atoms with Gasteiger partial charge in [-0.15, -0.1) is 11.6 Å². The Morgan fingerprint density at radius 1 is 1.67 bits per heavy atom. The molecule has 1 fully saturated rings. The van der Waals surface area contributed by atoms with Crippen LogP contribution in [0.25, 0.3) is 0 Å². The van der Waals surface area contributed by atoms with Gasteiger partial charge >= 0.3 is 0 Å². The zero-order valence-corrected chi connectivity index (χ0v) is 7.92. The number of aldehydes is 1. The molecule has 1 saturated carbocycles. The number of allylic oxidation sites excluding steroid dienone is 2. The van der Waals surface area contributed by atoms with Crippen LogP contribution in [0, 0.1) is 23.2 Å². The molecule has 2 aliphatic carbocycles. The molecule has 2 aliphatic rings. The number of hydrogen-bond acceptors (Lipinski definition) is 1. The van der Waals surface area contributed by atoms with Gasteiger partial charge in [0.15, 0.2) is 0 Å². The fourth-order valence-corrected chi connectivity index (χ4v) is 3.24. The van der Waals surface area contributed by atoms with Gasteiger partial charge in [0.2, 0.25) is 0 Å². The maximum atomic E-state index is 11.0. The van der Waals surface area contributed by atoms with E-state index < -0.39 is 0 Å². The van der Waals surface area contributed by atoms with E-state index in [-0.39, 0.29) is 5.41 Å². The molecule has 2 heteroatoms. The number of carbonyl (C=O) groups excluding carboxylic acids is 1. The second-order valence-electron chi connectivity index (χ2n) is 4.14. The van der Waals surface area contributed by atoms with Gasteiger partial charge in [-0.05, 0) is 24.2 Å². The minimum absolute atomic E-state index is 0.179. The smallest absolute Gasteiger partial charge is 0.126 e. The zero-order valence-electron chi connectivity index (χ0n) is 7.16. The summed E-state index contributed by atoms with van der Waals surface area (Å²) in [5.41, 5.74) is -0.179. The van der Waals surface area contributed by atoms with Crippen molar-refractivity contribution in [3.05, 3.63) is 12.2 Å². The van der Waals surface area contributed by atoms with Gasteiger partial charge in [-0.1, -0.05) is 19.1 Å². The van der Waals surface area contributed by atoms with E-state index in [2.05, 4.69) is 12.2 Å². The molecule has 12 heavy (non-hydrogen) atoms. The molecule has 0 aliphatic heterocycles. The molecule has 2 bridgehead atoms. The molecule has 0 aromatic rings. The third kappa shape index (κ3) is 0.832. The maximum absolute atomic E-state index is 11.0. The molecule has 1 nitrogen and oxygen atoms in total. The Labute approximate surface area is 77.8 Å². The summed E-state index contributed by atoms with van der Waals surface area (Å²) in [6.45, 7) is 2.04. The molecule has 0 spiro atoms. The van der Waals surface area contributed by atoms with Crippen LogP contribution in [0.4, 0.5) is 0 Å². The molecule has 0 aromatic carbocycles. The zero-order chi connectivity index (χ0) is 8.77. The molecule has 0 unspecified atom stereocenters. The summed E-state index contributed by atoms with van der Waals surface area (Å²) in [5.74, 6) is 1.99. The topological polar surface area (TPSA) is 17.1 Å². The van der Waals surface area contributed by atoms with Crippen LogP contribution in [0.5, 0.6) is 0 Å². The van der Waals surface area contributed by atoms with Crippen LogP contribution < -0.4 is 0 Å². The summed E-state index contributed by atoms with van der Waals surface area (Å²) in [6, 6.07) is 0. The van der Waals surface area contributed by atoms with Crippen LogP contribution >= 0.6 is 11.6 Å². The highest BCUT2D eigenvalue weighted by molar-refractivity contribution is 6.18. The third-order valence-electron chi connectivity index (χ3n) is 3.65. The Balaban J connectivity index is 2.34. The van der Waals surface area contributed by atoms with Crippen molar-refractivity contribution in [1.29, 1.82) is 0 Å². The molecule has 4 atom stereocenters. The van der Waals surface area contributed by atoms with Crippen molar-refractivity contribution in [3.8, 4) is 0 Å². The molecule has 0 N–H and O–H groups in total. The van der Waals surface area contributed by atoms with Gasteiger partial charge in [0.25, 0.3) is 0 Å². The van der Waals surface area contributed by atoms with Crippen molar-refractivity contribution >= 4 is 17.9 Å². The lowest BCUT2D eigenvalue weighted by Gasteiger charge is -2.32. The monoisotopic (exact) mass is 184 g/mol. The molecule has 0 heterocycles. The number of fused-ring (bicyclic) bond motifs is 2. The van der Waals surface area contributed by atoms with Crippen molar-refractivity contribution < 1.29 is 4.79 Å². The van der Waals surface area contributed by atoms with E-state index in [4.69, 9.17) is 11.6 Å². The van der Waals surface area contributed by atoms with Gasteiger partial charge in [-0.3, -0.25) is 0 Å². The average Bonchev–Trinajstić information content (AvgIpc) is 2.63. The first-order valence-corrected chi connectivity index (χ1v) is 4.96. The van der Waals surface area contributed by atoms with Gasteiger partial charge in [0.05, 0.1) is 0 Å². The highest BCUT2D eigenvalue weighted by Gasteiger charge is 2.52. The molecule has 0 aromatic heterocycles. The molecular weight excluding hydrogens is 172 g/mol. The predicted octanol–water partition coefficient (Wildman–Crippen LogP) is 2.25. The van der Waals surface area contributed by atoms with E-state index in [9.17, 15) is 4.79 Å². The lowest BCUT2D eigenvalue weighted by molar-refractivity contribution is -0.118. The van der Waals surface area contributed by atoms with Gasteiger partial charge in [0.1, 0.15) is 6.29 Å². The van der Waals surface area contributed by atoms with E-state index in [0.29, 0.717) is 23.6 Å². The lowest BCUT2D eigenvalue weighted by Crippen LogP contribution is -2.34. The Kier molecular flexibility index (Phi) is 1.80. The Bertz CT molecular complexity index is 236. The van der Waals surface area contributed by atoms with Crippen LogP contribution in [0.15, 0.2) is 12.2 Å². The minimum Gasteiger partial charge on any atom is -0.303 e. The standard InChI is InChI=1S/C10H13ClO/c1-10(6-12)8-3-2-7(4-8)9(10)5-11/h2-3,6-9H,4-5H2,1H3/t7-,8-,9+,10-/m0/s1. The van der Waals surface area contributed by atoms with E-state index >= 15 is 0 Å². The van der Waals surface area contributed by atoms with Crippen molar-refractivity contribution in [1.82, 2.24) is 0 Å². The first kappa shape index (κ1) is 8.31. The second-order valence-corrected chi connectivity index (χ2v) is 4.44. The van der Waals surface area contributed by atoms with Crippen molar-refractivity contribution in [2.75, 3.05) is 5.88 Å². The quantitative estimate of drug-likeness (QED) is 0.366. The highest BCUT2D eigenvalue weighted by Crippen LogP contribution is 2.55. The van der Waals surface area contributed by atoms with Gasteiger partial charge < -0.3 is 4.79 Å². The SMILES string of the molecule is C[C@@]1(C=O)[C@H](CCl)[C@H]2C=C[C@H]1C2. The second kappa shape index (κ2) is 2.59. The average molecular weight is 185 g/mol. The molecule has 0 radical (unpaired) electrons. The van der Waals surface area contributed by atoms with Crippen molar-refractivity contribution in [2.45, 2.75) is 13.3 Å². The van der Waals surface area contributed by atoms with Crippen molar-refractivity contribution in [2.24, 2.45) is 23.2 Å². The van der Waals surface area contributed by atoms with E-state index in [0.717, 1.165) is 12.7 Å². The molecule has 2 rings (SSSR count). The Hall–Kier alpha value is -0.300. The molecule has 0 saturated heterocycles. The van der Waals surface area contributed by atoms with Crippen LogP contribution in [0.2, 0.25) is 0 Å². The number of rotatable bonds is 2. The summed E-state index contributed by atoms with van der Waals surface area (Å²) in [5, 5.41) is 0. The summed E-state index contributed by atoms with van der Waals surface area (Å²) in [6.07, 6.45) is 6.64. The van der Waals surface area contributed by atoms with E-state index in [1.165, 1.54) is 0 Å². The number of hydrogen-bond donors (Lipinski definition) is 0. The maximum Gasteiger partial charge on any atom is 0.126 e. The first-order valence-electron chi connectivity index (χ1n) is 4.43. The summed E-state index contributed by atoms with van der Waals surface area (Å²) < 4.78 is 0. The summed E-state index contributed by atoms with van der Waals surface area (Å²) in [7, 11) is 0. The molecule has 66 valence electrons. The van der Waals surface area contributed by atoms with Crippen LogP contribution in [-0.2, 0) is 4.79 Å². The lowest BCUT2D eigenvalue weighted by atomic mass is 9.72. The highest BCUT2D eigenvalue weighted by atomic mass is 35.5. The molecular formula is C10H13ClO. The largest absolute Gasteiger partial charge is 0.303 e. The van der Waals surface area contributed by atoms with Gasteiger partial charge in [0, 0.05) is 11.3 Å². The minimum atomic E-state index is -0.179. The predicted molar refractivity (Wildman–Crippen MR) is 49.1 cm³/mol. The Morgan fingerprint density at radius 3 is 2.92 bits per heavy atom. The number of alkyl halides is 1. The first-order chi connectivity index (χ1) is 5.72. The third-order valence-corrected chi connectivity index (χ3v) is 3.98. The molecule has 0 amide bonds. The van der Waals surface area contributed by atoms with Gasteiger partial charge in [-0.2, -0.15) is 0 Å². The van der Waals surface area contributed by atoms with Crippen molar-refractivity contribution in [3.63, 3.8) is 0 Å². The van der Waals surface area contributed by atoms with Gasteiger partial charge in [-0.25, -0.2) is 0 Å². The fraction of sp³-hybridized carbons (Fsp3) is 0.700. The summed E-state index contributed by atoms with van der Waals surface area (Å²) >= 11 is 5.87. The van der Waals surface area contributed by atoms with Crippen LogP contribution in [0.3, 0.4) is 0 Å². The van der Waals surface area contributed by atoms with E-state index in [1.807, 2.05) is 6.92 Å². The normalized spacial score (nSPS) is 50.0.